The Bertz CT molecular complexity index is 1640. The van der Waals surface area contributed by atoms with Crippen molar-refractivity contribution in [1.82, 2.24) is 19.6 Å². The first-order chi connectivity index (χ1) is 20.8. The number of ether oxygens (including phenoxy) is 1. The van der Waals surface area contributed by atoms with Crippen LogP contribution in [0.3, 0.4) is 0 Å². The molecule has 1 aliphatic heterocycles. The van der Waals surface area contributed by atoms with E-state index in [1.54, 1.807) is 11.8 Å². The van der Waals surface area contributed by atoms with Crippen LogP contribution in [0.1, 0.15) is 49.0 Å². The van der Waals surface area contributed by atoms with Crippen molar-refractivity contribution in [1.29, 1.82) is 0 Å². The summed E-state index contributed by atoms with van der Waals surface area (Å²) < 4.78 is 9.11. The molecule has 2 aromatic heterocycles. The van der Waals surface area contributed by atoms with Gasteiger partial charge in [-0.25, -0.2) is 4.98 Å². The van der Waals surface area contributed by atoms with Crippen molar-refractivity contribution >= 4 is 51.7 Å². The van der Waals surface area contributed by atoms with E-state index < -0.39 is 0 Å². The Morgan fingerprint density at radius 3 is 2.65 bits per heavy atom. The normalized spacial score (nSPS) is 17.3. The summed E-state index contributed by atoms with van der Waals surface area (Å²) in [4.78, 5) is 25.4. The first-order valence-electron chi connectivity index (χ1n) is 14.8. The SMILES string of the molecule is CSNC(=O)c1ccc(N2CCN(CC3=C(c4ccc(Cl)cc4)CC(C)(C)CC3)CC2)cc1Oc1cnc2[nH]ccc2c1. The summed E-state index contributed by atoms with van der Waals surface area (Å²) in [7, 11) is 0. The highest BCUT2D eigenvalue weighted by Gasteiger charge is 2.29. The Labute approximate surface area is 262 Å². The monoisotopic (exact) mass is 615 g/mol. The summed E-state index contributed by atoms with van der Waals surface area (Å²) in [5, 5.41) is 1.73. The first kappa shape index (κ1) is 29.6. The second kappa shape index (κ2) is 12.6. The van der Waals surface area contributed by atoms with Crippen molar-refractivity contribution in [2.45, 2.75) is 33.1 Å². The van der Waals surface area contributed by atoms with Gasteiger partial charge >= 0.3 is 0 Å². The number of rotatable bonds is 8. The lowest BCUT2D eigenvalue weighted by Crippen LogP contribution is -2.47. The number of aromatic amines is 1. The zero-order valence-electron chi connectivity index (χ0n) is 25.0. The number of aromatic nitrogens is 2. The van der Waals surface area contributed by atoms with Gasteiger partial charge in [-0.2, -0.15) is 0 Å². The van der Waals surface area contributed by atoms with Gasteiger partial charge in [-0.1, -0.05) is 55.1 Å². The molecule has 9 heteroatoms. The van der Waals surface area contributed by atoms with Crippen molar-refractivity contribution in [3.05, 3.63) is 88.7 Å². The maximum absolute atomic E-state index is 12.9. The molecular weight excluding hydrogens is 578 g/mol. The first-order valence-corrected chi connectivity index (χ1v) is 16.4. The van der Waals surface area contributed by atoms with Gasteiger partial charge in [0.15, 0.2) is 0 Å². The molecule has 1 fully saturated rings. The van der Waals surface area contributed by atoms with Crippen molar-refractivity contribution in [3.8, 4) is 11.5 Å². The number of carbonyl (C=O) groups excluding carboxylic acids is 1. The van der Waals surface area contributed by atoms with E-state index in [4.69, 9.17) is 16.3 Å². The number of carbonyl (C=O) groups is 1. The van der Waals surface area contributed by atoms with E-state index in [2.05, 4.69) is 50.5 Å². The van der Waals surface area contributed by atoms with Gasteiger partial charge in [0.05, 0.1) is 11.8 Å². The molecule has 1 aliphatic carbocycles. The van der Waals surface area contributed by atoms with Crippen molar-refractivity contribution in [3.63, 3.8) is 0 Å². The average molecular weight is 616 g/mol. The van der Waals surface area contributed by atoms with E-state index in [9.17, 15) is 4.79 Å². The molecule has 0 unspecified atom stereocenters. The van der Waals surface area contributed by atoms with Gasteiger partial charge in [0.25, 0.3) is 5.91 Å². The quantitative estimate of drug-likeness (QED) is 0.197. The minimum absolute atomic E-state index is 0.185. The third-order valence-electron chi connectivity index (χ3n) is 8.54. The number of pyridine rings is 1. The summed E-state index contributed by atoms with van der Waals surface area (Å²) in [6.45, 7) is 9.50. The smallest absolute Gasteiger partial charge is 0.264 e. The van der Waals surface area contributed by atoms with E-state index in [-0.39, 0.29) is 5.91 Å². The molecule has 43 heavy (non-hydrogen) atoms. The fraction of sp³-hybridized carbons (Fsp3) is 0.353. The predicted molar refractivity (Wildman–Crippen MR) is 178 cm³/mol. The van der Waals surface area contributed by atoms with E-state index in [0.717, 1.165) is 67.3 Å². The predicted octanol–water partition coefficient (Wildman–Crippen LogP) is 7.80. The third kappa shape index (κ3) is 6.87. The summed E-state index contributed by atoms with van der Waals surface area (Å²) in [5.74, 6) is 0.924. The summed E-state index contributed by atoms with van der Waals surface area (Å²) >= 11 is 7.48. The molecule has 6 rings (SSSR count). The zero-order chi connectivity index (χ0) is 30.0. The molecule has 0 saturated carbocycles. The molecule has 1 amide bonds. The lowest BCUT2D eigenvalue weighted by atomic mass is 9.72. The van der Waals surface area contributed by atoms with Crippen molar-refractivity contribution in [2.75, 3.05) is 43.9 Å². The van der Waals surface area contributed by atoms with Crippen LogP contribution >= 0.6 is 23.5 Å². The fourth-order valence-corrected chi connectivity index (χ4v) is 6.55. The number of nitrogens with one attached hydrogen (secondary N) is 2. The number of hydrogen-bond donors (Lipinski definition) is 2. The maximum Gasteiger partial charge on any atom is 0.264 e. The minimum atomic E-state index is -0.185. The molecule has 2 aromatic carbocycles. The summed E-state index contributed by atoms with van der Waals surface area (Å²) in [5.41, 5.74) is 6.99. The molecule has 2 aliphatic rings. The summed E-state index contributed by atoms with van der Waals surface area (Å²) in [6, 6.07) is 18.1. The Balaban J connectivity index is 1.18. The highest BCUT2D eigenvalue weighted by Crippen LogP contribution is 2.43. The van der Waals surface area contributed by atoms with Crippen LogP contribution in [0, 0.1) is 5.41 Å². The van der Waals surface area contributed by atoms with Crippen molar-refractivity contribution < 1.29 is 9.53 Å². The number of anilines is 1. The Hall–Kier alpha value is -3.46. The molecule has 0 atom stereocenters. The highest BCUT2D eigenvalue weighted by atomic mass is 35.5. The molecule has 0 bridgehead atoms. The van der Waals surface area contributed by atoms with Crippen molar-refractivity contribution in [2.24, 2.45) is 5.41 Å². The summed E-state index contributed by atoms with van der Waals surface area (Å²) in [6.07, 6.45) is 8.80. The number of hydrogen-bond acceptors (Lipinski definition) is 6. The van der Waals surface area contributed by atoms with Gasteiger partial charge in [-0.15, -0.1) is 0 Å². The average Bonchev–Trinajstić information content (AvgIpc) is 3.47. The number of allylic oxidation sites excluding steroid dienone is 1. The number of halogens is 1. The van der Waals surface area contributed by atoms with E-state index in [0.29, 0.717) is 22.5 Å². The highest BCUT2D eigenvalue weighted by molar-refractivity contribution is 7.97. The molecule has 1 saturated heterocycles. The van der Waals surface area contributed by atoms with E-state index in [1.165, 1.54) is 29.5 Å². The molecule has 0 radical (unpaired) electrons. The molecule has 2 N–H and O–H groups in total. The van der Waals surface area contributed by atoms with Crippen LogP contribution in [0.15, 0.2) is 72.6 Å². The van der Waals surface area contributed by atoms with Gasteiger partial charge in [-0.05, 0) is 72.2 Å². The van der Waals surface area contributed by atoms with Gasteiger partial charge in [0, 0.05) is 67.3 Å². The van der Waals surface area contributed by atoms with Crippen LogP contribution < -0.4 is 14.4 Å². The van der Waals surface area contributed by atoms with E-state index in [1.807, 2.05) is 54.9 Å². The third-order valence-corrected chi connectivity index (χ3v) is 9.18. The largest absolute Gasteiger partial charge is 0.455 e. The number of benzene rings is 2. The number of piperazine rings is 1. The molecule has 224 valence electrons. The molecule has 7 nitrogen and oxygen atoms in total. The molecule has 4 aromatic rings. The van der Waals surface area contributed by atoms with Crippen LogP contribution in [-0.4, -0.2) is 59.8 Å². The lowest BCUT2D eigenvalue weighted by Gasteiger charge is -2.39. The minimum Gasteiger partial charge on any atom is -0.455 e. The Morgan fingerprint density at radius 1 is 1.09 bits per heavy atom. The second-order valence-corrected chi connectivity index (χ2v) is 13.2. The second-order valence-electron chi connectivity index (χ2n) is 12.2. The Morgan fingerprint density at radius 2 is 1.88 bits per heavy atom. The molecule has 0 spiro atoms. The molecular formula is C34H38ClN5O2S. The zero-order valence-corrected chi connectivity index (χ0v) is 26.5. The Kier molecular flexibility index (Phi) is 8.71. The number of fused-ring (bicyclic) bond motifs is 1. The van der Waals surface area contributed by atoms with Gasteiger partial charge in [0.1, 0.15) is 17.1 Å². The van der Waals surface area contributed by atoms with E-state index >= 15 is 0 Å². The van der Waals surface area contributed by atoms with Gasteiger partial charge in [-0.3, -0.25) is 14.4 Å². The number of amides is 1. The number of H-pyrrole nitrogens is 1. The van der Waals surface area contributed by atoms with Gasteiger partial charge in [0.2, 0.25) is 0 Å². The lowest BCUT2D eigenvalue weighted by molar-refractivity contribution is 0.0982. The maximum atomic E-state index is 12.9. The van der Waals surface area contributed by atoms with Crippen LogP contribution in [-0.2, 0) is 0 Å². The van der Waals surface area contributed by atoms with Crippen LogP contribution in [0.4, 0.5) is 5.69 Å². The standard InChI is InChI=1S/C34H38ClN5O2S/c1-34(2)12-10-25(30(20-34)23-4-6-26(35)7-5-23)22-39-14-16-40(17-15-39)27-8-9-29(33(41)38-43-3)31(19-27)42-28-18-24-11-13-36-32(24)37-21-28/h4-9,11,13,18-19,21H,10,12,14-17,20,22H2,1-3H3,(H,36,37)(H,38,41). The number of nitrogens with zero attached hydrogens (tertiary/aromatic N) is 3. The van der Waals surface area contributed by atoms with Crippen LogP contribution in [0.2, 0.25) is 5.02 Å². The molecule has 3 heterocycles. The van der Waals surface area contributed by atoms with Gasteiger partial charge < -0.3 is 14.6 Å². The van der Waals surface area contributed by atoms with Crippen LogP contribution in [0.25, 0.3) is 16.6 Å². The fourth-order valence-electron chi connectivity index (χ4n) is 6.13. The van der Waals surface area contributed by atoms with Crippen LogP contribution in [0.5, 0.6) is 11.5 Å². The topological polar surface area (TPSA) is 73.5 Å².